The topological polar surface area (TPSA) is 86.1 Å². The number of hydrogen-bond donors (Lipinski definition) is 1. The number of halogens is 1. The van der Waals surface area contributed by atoms with Crippen molar-refractivity contribution in [3.05, 3.63) is 77.1 Å². The SMILES string of the molecule is N#CCCN(C(=O)CCC(=O)Nc1ncc(Cc2cccc(F)c2)s1)c1ccccc1. The summed E-state index contributed by atoms with van der Waals surface area (Å²) in [4.78, 5) is 31.5. The number of carbonyl (C=O) groups excluding carboxylic acids is 2. The van der Waals surface area contributed by atoms with Crippen LogP contribution >= 0.6 is 11.3 Å². The van der Waals surface area contributed by atoms with Crippen LogP contribution in [0.1, 0.15) is 29.7 Å². The Bertz CT molecular complexity index is 1080. The molecule has 3 aromatic rings. The van der Waals surface area contributed by atoms with E-state index in [0.717, 1.165) is 10.4 Å². The maximum atomic E-state index is 13.3. The molecule has 6 nitrogen and oxygen atoms in total. The third kappa shape index (κ3) is 6.73. The Labute approximate surface area is 184 Å². The van der Waals surface area contributed by atoms with Crippen LogP contribution in [0.4, 0.5) is 15.2 Å². The van der Waals surface area contributed by atoms with Crippen molar-refractivity contribution in [3.8, 4) is 6.07 Å². The average Bonchev–Trinajstić information content (AvgIpc) is 3.20. The van der Waals surface area contributed by atoms with Gasteiger partial charge < -0.3 is 10.2 Å². The lowest BCUT2D eigenvalue weighted by Crippen LogP contribution is -2.32. The summed E-state index contributed by atoms with van der Waals surface area (Å²) in [5.41, 5.74) is 1.52. The number of benzene rings is 2. The van der Waals surface area contributed by atoms with Gasteiger partial charge in [-0.2, -0.15) is 5.26 Å². The van der Waals surface area contributed by atoms with E-state index in [0.29, 0.717) is 17.2 Å². The molecule has 1 aromatic heterocycles. The van der Waals surface area contributed by atoms with Gasteiger partial charge in [0.15, 0.2) is 5.13 Å². The number of hydrogen-bond acceptors (Lipinski definition) is 5. The number of para-hydroxylation sites is 1. The molecule has 1 heterocycles. The van der Waals surface area contributed by atoms with Gasteiger partial charge >= 0.3 is 0 Å². The van der Waals surface area contributed by atoms with Crippen LogP contribution in [0.3, 0.4) is 0 Å². The molecule has 8 heteroatoms. The molecule has 0 unspecified atom stereocenters. The number of nitrogens with zero attached hydrogens (tertiary/aromatic N) is 3. The standard InChI is InChI=1S/C23H21FN4O2S/c24-18-7-4-6-17(14-18)15-20-16-26-23(31-20)27-21(29)10-11-22(30)28(13-5-12-25)19-8-2-1-3-9-19/h1-4,6-9,14,16H,5,10-11,13,15H2,(H,26,27,29). The van der Waals surface area contributed by atoms with Gasteiger partial charge in [0.1, 0.15) is 5.82 Å². The summed E-state index contributed by atoms with van der Waals surface area (Å²) >= 11 is 1.31. The van der Waals surface area contributed by atoms with Crippen molar-refractivity contribution < 1.29 is 14.0 Å². The molecule has 1 N–H and O–H groups in total. The molecule has 0 aliphatic carbocycles. The van der Waals surface area contributed by atoms with Crippen LogP contribution in [0.2, 0.25) is 0 Å². The van der Waals surface area contributed by atoms with Crippen LogP contribution in [-0.2, 0) is 16.0 Å². The molecule has 2 aromatic carbocycles. The predicted molar refractivity (Wildman–Crippen MR) is 118 cm³/mol. The summed E-state index contributed by atoms with van der Waals surface area (Å²) in [5, 5.41) is 12.0. The molecule has 31 heavy (non-hydrogen) atoms. The third-order valence-corrected chi connectivity index (χ3v) is 5.36. The van der Waals surface area contributed by atoms with Gasteiger partial charge in [-0.3, -0.25) is 9.59 Å². The molecule has 0 aliphatic rings. The number of rotatable bonds is 9. The summed E-state index contributed by atoms with van der Waals surface area (Å²) in [6.45, 7) is 0.275. The second kappa shape index (κ2) is 11.0. The van der Waals surface area contributed by atoms with Gasteiger partial charge in [0.05, 0.1) is 12.5 Å². The monoisotopic (exact) mass is 436 g/mol. The number of nitriles is 1. The predicted octanol–water partition coefficient (Wildman–Crippen LogP) is 4.54. The lowest BCUT2D eigenvalue weighted by Gasteiger charge is -2.21. The molecule has 158 valence electrons. The molecule has 0 atom stereocenters. The first-order valence-electron chi connectivity index (χ1n) is 9.76. The van der Waals surface area contributed by atoms with E-state index in [9.17, 15) is 14.0 Å². The maximum absolute atomic E-state index is 13.3. The number of nitrogens with one attached hydrogen (secondary N) is 1. The Morgan fingerprint density at radius 2 is 1.94 bits per heavy atom. The largest absolute Gasteiger partial charge is 0.311 e. The Morgan fingerprint density at radius 3 is 2.68 bits per heavy atom. The first kappa shape index (κ1) is 22.1. The minimum Gasteiger partial charge on any atom is -0.311 e. The first-order valence-corrected chi connectivity index (χ1v) is 10.6. The van der Waals surface area contributed by atoms with Gasteiger partial charge in [-0.1, -0.05) is 30.3 Å². The average molecular weight is 437 g/mol. The highest BCUT2D eigenvalue weighted by atomic mass is 32.1. The van der Waals surface area contributed by atoms with Crippen LogP contribution in [-0.4, -0.2) is 23.3 Å². The van der Waals surface area contributed by atoms with Gasteiger partial charge in [0.2, 0.25) is 11.8 Å². The minimum atomic E-state index is -0.312. The van der Waals surface area contributed by atoms with Gasteiger partial charge in [0.25, 0.3) is 0 Å². The highest BCUT2D eigenvalue weighted by molar-refractivity contribution is 7.15. The highest BCUT2D eigenvalue weighted by Gasteiger charge is 2.17. The Morgan fingerprint density at radius 1 is 1.13 bits per heavy atom. The molecule has 0 fully saturated rings. The molecular weight excluding hydrogens is 415 g/mol. The lowest BCUT2D eigenvalue weighted by atomic mass is 10.1. The van der Waals surface area contributed by atoms with Crippen molar-refractivity contribution in [2.45, 2.75) is 25.7 Å². The van der Waals surface area contributed by atoms with Gasteiger partial charge in [-0.05, 0) is 29.8 Å². The number of amides is 2. The quantitative estimate of drug-likeness (QED) is 0.534. The third-order valence-electron chi connectivity index (χ3n) is 4.45. The minimum absolute atomic E-state index is 0.00747. The molecule has 0 saturated carbocycles. The fourth-order valence-electron chi connectivity index (χ4n) is 3.00. The Kier molecular flexibility index (Phi) is 7.85. The van der Waals surface area contributed by atoms with Crippen LogP contribution in [0.5, 0.6) is 0 Å². The number of thiazole rings is 1. The maximum Gasteiger partial charge on any atom is 0.227 e. The van der Waals surface area contributed by atoms with Crippen LogP contribution in [0.25, 0.3) is 0 Å². The van der Waals surface area contributed by atoms with E-state index in [4.69, 9.17) is 5.26 Å². The smallest absolute Gasteiger partial charge is 0.227 e. The van der Waals surface area contributed by atoms with E-state index in [2.05, 4.69) is 10.3 Å². The molecule has 0 bridgehead atoms. The molecule has 0 aliphatic heterocycles. The van der Waals surface area contributed by atoms with Crippen LogP contribution < -0.4 is 10.2 Å². The fraction of sp³-hybridized carbons (Fsp3) is 0.217. The molecule has 0 radical (unpaired) electrons. The van der Waals surface area contributed by atoms with Crippen molar-refractivity contribution >= 4 is 34.0 Å². The van der Waals surface area contributed by atoms with Crippen molar-refractivity contribution in [3.63, 3.8) is 0 Å². The van der Waals surface area contributed by atoms with Crippen molar-refractivity contribution in [1.29, 1.82) is 5.26 Å². The molecular formula is C23H21FN4O2S. The van der Waals surface area contributed by atoms with Gasteiger partial charge in [-0.15, -0.1) is 11.3 Å². The number of carbonyl (C=O) groups is 2. The van der Waals surface area contributed by atoms with E-state index in [1.807, 2.05) is 30.3 Å². The van der Waals surface area contributed by atoms with E-state index in [1.165, 1.54) is 28.4 Å². The molecule has 0 spiro atoms. The zero-order valence-electron chi connectivity index (χ0n) is 16.8. The number of aromatic nitrogens is 1. The molecule has 2 amide bonds. The van der Waals surface area contributed by atoms with Crippen LogP contribution in [0.15, 0.2) is 60.8 Å². The lowest BCUT2D eigenvalue weighted by molar-refractivity contribution is -0.122. The second-order valence-corrected chi connectivity index (χ2v) is 7.89. The summed E-state index contributed by atoms with van der Waals surface area (Å²) in [6, 6.07) is 17.5. The molecule has 3 rings (SSSR count). The zero-order chi connectivity index (χ0) is 22.1. The van der Waals surface area contributed by atoms with Gasteiger partial charge in [0, 0.05) is 42.6 Å². The van der Waals surface area contributed by atoms with Crippen molar-refractivity contribution in [1.82, 2.24) is 4.98 Å². The second-order valence-electron chi connectivity index (χ2n) is 6.78. The van der Waals surface area contributed by atoms with Crippen molar-refractivity contribution in [2.24, 2.45) is 0 Å². The van der Waals surface area contributed by atoms with E-state index in [1.54, 1.807) is 24.4 Å². The summed E-state index contributed by atoms with van der Waals surface area (Å²) in [6.07, 6.45) is 2.41. The Hall–Kier alpha value is -3.57. The van der Waals surface area contributed by atoms with Crippen LogP contribution in [0, 0.1) is 17.1 Å². The van der Waals surface area contributed by atoms with E-state index < -0.39 is 0 Å². The zero-order valence-corrected chi connectivity index (χ0v) is 17.6. The summed E-state index contributed by atoms with van der Waals surface area (Å²) in [5.74, 6) is -0.824. The van der Waals surface area contributed by atoms with E-state index >= 15 is 0 Å². The Balaban J connectivity index is 1.53. The van der Waals surface area contributed by atoms with Crippen molar-refractivity contribution in [2.75, 3.05) is 16.8 Å². The summed E-state index contributed by atoms with van der Waals surface area (Å²) < 4.78 is 13.3. The fourth-order valence-corrected chi connectivity index (χ4v) is 3.86. The highest BCUT2D eigenvalue weighted by Crippen LogP contribution is 2.22. The summed E-state index contributed by atoms with van der Waals surface area (Å²) in [7, 11) is 0. The molecule has 0 saturated heterocycles. The van der Waals surface area contributed by atoms with Gasteiger partial charge in [-0.25, -0.2) is 9.37 Å². The number of anilines is 2. The normalized spacial score (nSPS) is 10.3. The first-order chi connectivity index (χ1) is 15.0. The van der Waals surface area contributed by atoms with E-state index in [-0.39, 0.29) is 43.4 Å².